The molecule has 1 aromatic carbocycles. The van der Waals surface area contributed by atoms with Gasteiger partial charge in [-0.15, -0.1) is 0 Å². The lowest BCUT2D eigenvalue weighted by atomic mass is 9.83. The summed E-state index contributed by atoms with van der Waals surface area (Å²) in [6.45, 7) is 2.50. The Hall–Kier alpha value is -1.29. The molecule has 4 heteroatoms. The van der Waals surface area contributed by atoms with Crippen LogP contribution < -0.4 is 0 Å². The van der Waals surface area contributed by atoms with Crippen LogP contribution in [-0.2, 0) is 20.9 Å². The number of esters is 1. The minimum Gasteiger partial charge on any atom is -0.461 e. The molecule has 0 aliphatic heterocycles. The Balaban J connectivity index is 1.72. The number of benzene rings is 1. The van der Waals surface area contributed by atoms with Crippen molar-refractivity contribution in [1.82, 2.24) is 0 Å². The highest BCUT2D eigenvalue weighted by Crippen LogP contribution is 2.42. The van der Waals surface area contributed by atoms with Crippen molar-refractivity contribution < 1.29 is 14.3 Å². The van der Waals surface area contributed by atoms with Crippen LogP contribution in [0, 0.1) is 11.8 Å². The quantitative estimate of drug-likeness (QED) is 0.595. The molecule has 0 spiro atoms. The van der Waals surface area contributed by atoms with E-state index in [1.165, 1.54) is 0 Å². The van der Waals surface area contributed by atoms with Gasteiger partial charge in [0.2, 0.25) is 0 Å². The second-order valence-electron chi connectivity index (χ2n) is 5.90. The molecule has 1 fully saturated rings. The molecular weight excluding hydrogens is 263 g/mol. The summed E-state index contributed by atoms with van der Waals surface area (Å²) in [6, 6.07) is 9.73. The average Bonchev–Trinajstić information content (AvgIpc) is 2.77. The molecule has 0 aromatic heterocycles. The van der Waals surface area contributed by atoms with E-state index in [1.807, 2.05) is 30.3 Å². The van der Waals surface area contributed by atoms with E-state index in [0.29, 0.717) is 24.9 Å². The van der Waals surface area contributed by atoms with E-state index >= 15 is 0 Å². The third kappa shape index (κ3) is 4.34. The summed E-state index contributed by atoms with van der Waals surface area (Å²) in [6.07, 6.45) is 2.30. The first-order chi connectivity index (χ1) is 10.1. The van der Waals surface area contributed by atoms with Crippen molar-refractivity contribution in [2.24, 2.45) is 11.8 Å². The molecule has 1 saturated carbocycles. The van der Waals surface area contributed by atoms with Crippen molar-refractivity contribution in [2.45, 2.75) is 44.7 Å². The van der Waals surface area contributed by atoms with E-state index in [9.17, 15) is 4.79 Å². The standard InChI is InChI=1S/C17H23BO3/c1-12-14(10-15(18)17(12)20-2)8-9-16(19)21-11-13-6-4-3-5-7-13/h3-7,12,14-15,17H,8-11H2,1-2H3. The maximum absolute atomic E-state index is 11.8. The predicted octanol–water partition coefficient (Wildman–Crippen LogP) is 3.14. The summed E-state index contributed by atoms with van der Waals surface area (Å²) >= 11 is 0. The highest BCUT2D eigenvalue weighted by Gasteiger charge is 2.37. The van der Waals surface area contributed by atoms with Crippen molar-refractivity contribution >= 4 is 13.8 Å². The van der Waals surface area contributed by atoms with Crippen molar-refractivity contribution in [3.05, 3.63) is 35.9 Å². The molecule has 21 heavy (non-hydrogen) atoms. The molecule has 0 saturated heterocycles. The maximum atomic E-state index is 11.8. The molecule has 1 aliphatic rings. The molecule has 4 atom stereocenters. The Morgan fingerprint density at radius 3 is 2.67 bits per heavy atom. The second-order valence-corrected chi connectivity index (χ2v) is 5.90. The number of carbonyl (C=O) groups is 1. The molecule has 0 bridgehead atoms. The van der Waals surface area contributed by atoms with Crippen LogP contribution in [0.2, 0.25) is 5.82 Å². The third-order valence-corrected chi connectivity index (χ3v) is 4.49. The van der Waals surface area contributed by atoms with Gasteiger partial charge in [0.25, 0.3) is 0 Å². The van der Waals surface area contributed by atoms with E-state index in [1.54, 1.807) is 7.11 Å². The molecule has 2 radical (unpaired) electrons. The maximum Gasteiger partial charge on any atom is 0.306 e. The van der Waals surface area contributed by atoms with E-state index in [-0.39, 0.29) is 17.9 Å². The van der Waals surface area contributed by atoms with Gasteiger partial charge in [0.05, 0.1) is 14.0 Å². The van der Waals surface area contributed by atoms with Gasteiger partial charge in [-0.3, -0.25) is 4.79 Å². The fraction of sp³-hybridized carbons (Fsp3) is 0.588. The Labute approximate surface area is 128 Å². The first kappa shape index (κ1) is 16.1. The SMILES string of the molecule is [B]C1CC(CCC(=O)OCc2ccccc2)C(C)C1OC. The van der Waals surface area contributed by atoms with Crippen LogP contribution in [0.3, 0.4) is 0 Å². The summed E-state index contributed by atoms with van der Waals surface area (Å²) in [4.78, 5) is 11.8. The Bertz CT molecular complexity index is 449. The lowest BCUT2D eigenvalue weighted by molar-refractivity contribution is -0.145. The average molecular weight is 286 g/mol. The summed E-state index contributed by atoms with van der Waals surface area (Å²) in [7, 11) is 7.78. The fourth-order valence-electron chi connectivity index (χ4n) is 3.24. The fourth-order valence-corrected chi connectivity index (χ4v) is 3.24. The molecule has 2 rings (SSSR count). The zero-order valence-electron chi connectivity index (χ0n) is 12.8. The van der Waals surface area contributed by atoms with Crippen LogP contribution in [0.1, 0.15) is 31.7 Å². The lowest BCUT2D eigenvalue weighted by Crippen LogP contribution is -2.21. The van der Waals surface area contributed by atoms with Crippen LogP contribution in [0.5, 0.6) is 0 Å². The first-order valence-corrected chi connectivity index (χ1v) is 7.59. The molecule has 0 heterocycles. The van der Waals surface area contributed by atoms with Gasteiger partial charge in [0.1, 0.15) is 6.61 Å². The van der Waals surface area contributed by atoms with Gasteiger partial charge in [0, 0.05) is 13.5 Å². The Kier molecular flexibility index (Phi) is 5.86. The van der Waals surface area contributed by atoms with Crippen LogP contribution in [-0.4, -0.2) is 27.0 Å². The summed E-state index contributed by atoms with van der Waals surface area (Å²) in [5.41, 5.74) is 1.02. The lowest BCUT2D eigenvalue weighted by Gasteiger charge is -2.20. The van der Waals surface area contributed by atoms with Crippen LogP contribution in [0.15, 0.2) is 30.3 Å². The number of methoxy groups -OCH3 is 1. The van der Waals surface area contributed by atoms with Crippen molar-refractivity contribution in [1.29, 1.82) is 0 Å². The number of carbonyl (C=O) groups excluding carboxylic acids is 1. The van der Waals surface area contributed by atoms with E-state index < -0.39 is 0 Å². The van der Waals surface area contributed by atoms with E-state index in [4.69, 9.17) is 17.3 Å². The van der Waals surface area contributed by atoms with Gasteiger partial charge >= 0.3 is 5.97 Å². The molecule has 112 valence electrons. The largest absolute Gasteiger partial charge is 0.461 e. The third-order valence-electron chi connectivity index (χ3n) is 4.49. The van der Waals surface area contributed by atoms with Crippen LogP contribution >= 0.6 is 0 Å². The van der Waals surface area contributed by atoms with Crippen molar-refractivity contribution in [2.75, 3.05) is 7.11 Å². The molecular formula is C17H23BO3. The number of rotatable bonds is 6. The zero-order chi connectivity index (χ0) is 15.2. The van der Waals surface area contributed by atoms with Crippen molar-refractivity contribution in [3.8, 4) is 0 Å². The summed E-state index contributed by atoms with van der Waals surface area (Å²) in [5, 5.41) is 0. The summed E-state index contributed by atoms with van der Waals surface area (Å²) < 4.78 is 10.7. The van der Waals surface area contributed by atoms with Crippen LogP contribution in [0.25, 0.3) is 0 Å². The number of hydrogen-bond acceptors (Lipinski definition) is 3. The van der Waals surface area contributed by atoms with Gasteiger partial charge in [-0.1, -0.05) is 49.5 Å². The molecule has 4 unspecified atom stereocenters. The Morgan fingerprint density at radius 1 is 1.33 bits per heavy atom. The number of ether oxygens (including phenoxy) is 2. The minimum absolute atomic E-state index is 0.0790. The zero-order valence-corrected chi connectivity index (χ0v) is 12.8. The monoisotopic (exact) mass is 286 g/mol. The first-order valence-electron chi connectivity index (χ1n) is 7.59. The normalized spacial score (nSPS) is 28.5. The molecule has 1 aromatic rings. The second kappa shape index (κ2) is 7.65. The molecule has 0 amide bonds. The van der Waals surface area contributed by atoms with Crippen molar-refractivity contribution in [3.63, 3.8) is 0 Å². The smallest absolute Gasteiger partial charge is 0.306 e. The van der Waals surface area contributed by atoms with Gasteiger partial charge in [-0.25, -0.2) is 0 Å². The minimum atomic E-state index is -0.138. The predicted molar refractivity (Wildman–Crippen MR) is 83.0 cm³/mol. The number of hydrogen-bond donors (Lipinski definition) is 0. The Morgan fingerprint density at radius 2 is 2.05 bits per heavy atom. The molecule has 0 N–H and O–H groups in total. The summed E-state index contributed by atoms with van der Waals surface area (Å²) in [5.74, 6) is 0.775. The van der Waals surface area contributed by atoms with Gasteiger partial charge < -0.3 is 9.47 Å². The highest BCUT2D eigenvalue weighted by atomic mass is 16.5. The van der Waals surface area contributed by atoms with Gasteiger partial charge in [-0.2, -0.15) is 0 Å². The van der Waals surface area contributed by atoms with E-state index in [2.05, 4.69) is 6.92 Å². The van der Waals surface area contributed by atoms with E-state index in [0.717, 1.165) is 18.4 Å². The highest BCUT2D eigenvalue weighted by molar-refractivity contribution is 6.12. The van der Waals surface area contributed by atoms with Crippen LogP contribution in [0.4, 0.5) is 0 Å². The molecule has 3 nitrogen and oxygen atoms in total. The van der Waals surface area contributed by atoms with Gasteiger partial charge in [-0.05, 0) is 23.8 Å². The topological polar surface area (TPSA) is 35.5 Å². The molecule has 1 aliphatic carbocycles. The van der Waals surface area contributed by atoms with Gasteiger partial charge in [0.15, 0.2) is 0 Å².